The first-order valence-corrected chi connectivity index (χ1v) is 8.23. The predicted octanol–water partition coefficient (Wildman–Crippen LogP) is 1.51. The van der Waals surface area contributed by atoms with Crippen molar-refractivity contribution in [1.29, 1.82) is 0 Å². The zero-order valence-electron chi connectivity index (χ0n) is 10.9. The fraction of sp³-hybridized carbons (Fsp3) is 0.250. The Labute approximate surface area is 129 Å². The van der Waals surface area contributed by atoms with Crippen LogP contribution < -0.4 is 9.44 Å². The molecule has 1 aromatic carbocycles. The molecule has 2 rings (SSSR count). The van der Waals surface area contributed by atoms with E-state index in [9.17, 15) is 17.6 Å². The first-order valence-electron chi connectivity index (χ1n) is 5.95. The van der Waals surface area contributed by atoms with Crippen LogP contribution in [0.4, 0.5) is 4.39 Å². The molecule has 0 saturated heterocycles. The van der Waals surface area contributed by atoms with Crippen molar-refractivity contribution < 1.29 is 22.3 Å². The zero-order valence-corrected chi connectivity index (χ0v) is 13.3. The van der Waals surface area contributed by atoms with Crippen molar-refractivity contribution >= 4 is 32.1 Å². The van der Waals surface area contributed by atoms with Crippen molar-refractivity contribution in [1.82, 2.24) is 9.44 Å². The van der Waals surface area contributed by atoms with Gasteiger partial charge >= 0.3 is 5.97 Å². The second-order valence-corrected chi connectivity index (χ2v) is 6.55. The van der Waals surface area contributed by atoms with E-state index >= 15 is 0 Å². The lowest BCUT2D eigenvalue weighted by molar-refractivity contribution is -0.138. The van der Waals surface area contributed by atoms with Crippen LogP contribution in [-0.4, -0.2) is 21.0 Å². The van der Waals surface area contributed by atoms with Gasteiger partial charge in [-0.3, -0.25) is 4.72 Å². The maximum atomic E-state index is 14.0. The van der Waals surface area contributed by atoms with E-state index in [1.54, 1.807) is 13.0 Å². The Kier molecular flexibility index (Phi) is 4.64. The molecule has 1 aromatic rings. The summed E-state index contributed by atoms with van der Waals surface area (Å²) in [5.41, 5.74) is 0.00970. The summed E-state index contributed by atoms with van der Waals surface area (Å²) in [5, 5.41) is 0. The third kappa shape index (κ3) is 3.60. The summed E-state index contributed by atoms with van der Waals surface area (Å²) >= 11 is 3.11. The summed E-state index contributed by atoms with van der Waals surface area (Å²) < 4.78 is 46.8. The highest BCUT2D eigenvalue weighted by Crippen LogP contribution is 2.29. The first kappa shape index (κ1) is 15.9. The van der Waals surface area contributed by atoms with Gasteiger partial charge in [0.05, 0.1) is 18.2 Å². The standard InChI is InChI=1S/C12H12BrFN2O4S/c1-2-20-12(17)9-6-15-21(18,19)16-11(9)8-4-3-7(13)5-10(8)14/h3-6,11,15-16H,2H2,1H3. The molecule has 114 valence electrons. The van der Waals surface area contributed by atoms with Crippen LogP contribution in [0.5, 0.6) is 0 Å². The van der Waals surface area contributed by atoms with Gasteiger partial charge in [0.2, 0.25) is 0 Å². The van der Waals surface area contributed by atoms with Gasteiger partial charge < -0.3 is 4.74 Å². The SMILES string of the molecule is CCOC(=O)C1=CNS(=O)(=O)NC1c1ccc(Br)cc1F. The number of esters is 1. The van der Waals surface area contributed by atoms with Crippen molar-refractivity contribution in [3.8, 4) is 0 Å². The Balaban J connectivity index is 2.47. The minimum absolute atomic E-state index is 0.0205. The average Bonchev–Trinajstić information content (AvgIpc) is 2.37. The number of carbonyl (C=O) groups excluding carboxylic acids is 1. The number of hydrogen-bond donors (Lipinski definition) is 2. The Morgan fingerprint density at radius 1 is 1.48 bits per heavy atom. The number of nitrogens with one attached hydrogen (secondary N) is 2. The quantitative estimate of drug-likeness (QED) is 0.780. The van der Waals surface area contributed by atoms with Crippen LogP contribution in [0.3, 0.4) is 0 Å². The van der Waals surface area contributed by atoms with E-state index in [1.165, 1.54) is 12.1 Å². The van der Waals surface area contributed by atoms with Gasteiger partial charge in [-0.05, 0) is 19.1 Å². The normalized spacial score (nSPS) is 20.3. The van der Waals surface area contributed by atoms with E-state index in [-0.39, 0.29) is 17.7 Å². The molecule has 0 aliphatic carbocycles. The van der Waals surface area contributed by atoms with Crippen molar-refractivity contribution in [3.05, 3.63) is 45.8 Å². The summed E-state index contributed by atoms with van der Waals surface area (Å²) in [6.45, 7) is 1.74. The first-order chi connectivity index (χ1) is 9.84. The number of rotatable bonds is 3. The Morgan fingerprint density at radius 3 is 2.81 bits per heavy atom. The molecule has 0 bridgehead atoms. The minimum Gasteiger partial charge on any atom is -0.463 e. The topological polar surface area (TPSA) is 84.5 Å². The van der Waals surface area contributed by atoms with Gasteiger partial charge in [-0.15, -0.1) is 0 Å². The van der Waals surface area contributed by atoms with Gasteiger partial charge in [0.1, 0.15) is 5.82 Å². The third-order valence-corrected chi connectivity index (χ3v) is 4.21. The van der Waals surface area contributed by atoms with Gasteiger partial charge in [-0.1, -0.05) is 22.0 Å². The predicted molar refractivity (Wildman–Crippen MR) is 76.7 cm³/mol. The molecule has 0 spiro atoms. The van der Waals surface area contributed by atoms with Crippen LogP contribution in [0.15, 0.2) is 34.4 Å². The molecule has 2 N–H and O–H groups in total. The molecule has 0 aromatic heterocycles. The van der Waals surface area contributed by atoms with E-state index < -0.39 is 28.0 Å². The van der Waals surface area contributed by atoms with Crippen molar-refractivity contribution in [2.45, 2.75) is 13.0 Å². The van der Waals surface area contributed by atoms with E-state index in [0.29, 0.717) is 4.47 Å². The highest BCUT2D eigenvalue weighted by Gasteiger charge is 2.33. The summed E-state index contributed by atoms with van der Waals surface area (Å²) in [7, 11) is -3.85. The number of ether oxygens (including phenoxy) is 1. The summed E-state index contributed by atoms with van der Waals surface area (Å²) in [6, 6.07) is 2.99. The van der Waals surface area contributed by atoms with E-state index in [2.05, 4.69) is 20.7 Å². The highest BCUT2D eigenvalue weighted by atomic mass is 79.9. The van der Waals surface area contributed by atoms with Gasteiger partial charge in [-0.25, -0.2) is 9.18 Å². The summed E-state index contributed by atoms with van der Waals surface area (Å²) in [5.74, 6) is -1.37. The third-order valence-electron chi connectivity index (χ3n) is 2.74. The van der Waals surface area contributed by atoms with Crippen LogP contribution in [0.1, 0.15) is 18.5 Å². The number of hydrogen-bond acceptors (Lipinski definition) is 4. The van der Waals surface area contributed by atoms with E-state index in [0.717, 1.165) is 6.20 Å². The fourth-order valence-electron chi connectivity index (χ4n) is 1.83. The smallest absolute Gasteiger partial charge is 0.337 e. The molecular weight excluding hydrogens is 367 g/mol. The molecule has 0 radical (unpaired) electrons. The number of benzene rings is 1. The zero-order chi connectivity index (χ0) is 15.6. The van der Waals surface area contributed by atoms with Crippen LogP contribution >= 0.6 is 15.9 Å². The van der Waals surface area contributed by atoms with Gasteiger partial charge in [-0.2, -0.15) is 13.1 Å². The van der Waals surface area contributed by atoms with Crippen LogP contribution in [0.25, 0.3) is 0 Å². The second-order valence-electron chi connectivity index (χ2n) is 4.16. The maximum absolute atomic E-state index is 14.0. The minimum atomic E-state index is -3.85. The molecule has 0 amide bonds. The van der Waals surface area contributed by atoms with Gasteiger partial charge in [0.15, 0.2) is 0 Å². The highest BCUT2D eigenvalue weighted by molar-refractivity contribution is 9.10. The van der Waals surface area contributed by atoms with Crippen LogP contribution in [0, 0.1) is 5.82 Å². The largest absolute Gasteiger partial charge is 0.463 e. The molecule has 0 fully saturated rings. The second kappa shape index (κ2) is 6.12. The molecular formula is C12H12BrFN2O4S. The average molecular weight is 379 g/mol. The maximum Gasteiger partial charge on any atom is 0.337 e. The summed E-state index contributed by atoms with van der Waals surface area (Å²) in [4.78, 5) is 11.9. The molecule has 21 heavy (non-hydrogen) atoms. The lowest BCUT2D eigenvalue weighted by Gasteiger charge is -2.25. The van der Waals surface area contributed by atoms with Crippen LogP contribution in [0.2, 0.25) is 0 Å². The van der Waals surface area contributed by atoms with Crippen molar-refractivity contribution in [2.24, 2.45) is 0 Å². The number of carbonyl (C=O) groups is 1. The monoisotopic (exact) mass is 378 g/mol. The van der Waals surface area contributed by atoms with Gasteiger partial charge in [0.25, 0.3) is 10.2 Å². The lowest BCUT2D eigenvalue weighted by Crippen LogP contribution is -2.43. The Bertz CT molecular complexity index is 705. The van der Waals surface area contributed by atoms with Crippen molar-refractivity contribution in [3.63, 3.8) is 0 Å². The van der Waals surface area contributed by atoms with Crippen molar-refractivity contribution in [2.75, 3.05) is 6.61 Å². The fourth-order valence-corrected chi connectivity index (χ4v) is 3.08. The number of halogens is 2. The molecule has 1 unspecified atom stereocenters. The Hall–Kier alpha value is -1.45. The molecule has 1 atom stereocenters. The lowest BCUT2D eigenvalue weighted by atomic mass is 9.99. The molecule has 6 nitrogen and oxygen atoms in total. The molecule has 0 saturated carbocycles. The molecule has 9 heteroatoms. The molecule has 1 aliphatic rings. The van der Waals surface area contributed by atoms with Crippen LogP contribution in [-0.2, 0) is 19.7 Å². The Morgan fingerprint density at radius 2 is 2.19 bits per heavy atom. The van der Waals surface area contributed by atoms with E-state index in [4.69, 9.17) is 4.74 Å². The molecule has 1 aliphatic heterocycles. The van der Waals surface area contributed by atoms with E-state index in [1.807, 2.05) is 4.72 Å². The van der Waals surface area contributed by atoms with Gasteiger partial charge in [0, 0.05) is 16.2 Å². The summed E-state index contributed by atoms with van der Waals surface area (Å²) in [6.07, 6.45) is 1.01. The molecule has 1 heterocycles.